The number of urea groups is 1. The predicted molar refractivity (Wildman–Crippen MR) is 319 cm³/mol. The first-order chi connectivity index (χ1) is 40.8. The fourth-order valence-electron chi connectivity index (χ4n) is 9.37. The number of benzene rings is 2. The van der Waals surface area contributed by atoms with Crippen LogP contribution in [-0.2, 0) is 56.0 Å². The number of hydrogen-bond acceptors (Lipinski definition) is 16. The van der Waals surface area contributed by atoms with Gasteiger partial charge in [0.15, 0.2) is 0 Å². The second-order valence-electron chi connectivity index (χ2n) is 21.5. The quantitative estimate of drug-likeness (QED) is 0.0355. The molecule has 8 amide bonds. The molecule has 474 valence electrons. The van der Waals surface area contributed by atoms with Crippen LogP contribution in [0.1, 0.15) is 114 Å². The number of aliphatic carboxylic acids is 3. The summed E-state index contributed by atoms with van der Waals surface area (Å²) >= 11 is 0. The molecule has 27 heteroatoms. The Balaban J connectivity index is 1.46. The molecule has 3 rings (SSSR count). The number of amides is 8. The van der Waals surface area contributed by atoms with Crippen LogP contribution in [0.4, 0.5) is 4.79 Å². The molecule has 0 aromatic heterocycles. The summed E-state index contributed by atoms with van der Waals surface area (Å²) < 4.78 is 0. The van der Waals surface area contributed by atoms with Gasteiger partial charge in [0, 0.05) is 123 Å². The summed E-state index contributed by atoms with van der Waals surface area (Å²) in [6.07, 6.45) is 4.55. The highest BCUT2D eigenvalue weighted by Crippen LogP contribution is 2.12. The highest BCUT2D eigenvalue weighted by molar-refractivity contribution is 5.92. The van der Waals surface area contributed by atoms with E-state index in [2.05, 4.69) is 63.8 Å². The lowest BCUT2D eigenvalue weighted by atomic mass is 9.97. The standard InChI is InChI=1S/C58H94N14O13/c1-2-47(73)71-57(35-59)37-61-29-31-63-39-58(36-60,40-64-32-30-62-38-57)72-50(76)24-16-23-49(75)67-46(34-42-19-10-7-11-20-42)53(80)68-45(33-41-17-8-6-9-18-41)52(79)66-28-14-5-3-4-12-22-48(74)65-27-15-13-21-43(54(81)82)69-56(85)70-44(55(83)84)25-26-51(77)78/h6-11,17-20,43-46,61-64H,2-5,12-16,21-40,59-60H2,1H3,(H,65,74)(H,66,79)(H,67,75)(H,68,80)(H,71,73)(H,72,76)(H,77,78)(H,81,82)(H,83,84)(H2,69,70,85). The first-order valence-corrected chi connectivity index (χ1v) is 29.6. The van der Waals surface area contributed by atoms with Crippen LogP contribution >= 0.6 is 0 Å². The minimum Gasteiger partial charge on any atom is -0.481 e. The van der Waals surface area contributed by atoms with E-state index in [0.717, 1.165) is 30.4 Å². The maximum atomic E-state index is 14.2. The number of rotatable bonds is 37. The number of carboxylic acid groups (broad SMARTS) is 3. The van der Waals surface area contributed by atoms with E-state index in [1.807, 2.05) is 60.7 Å². The van der Waals surface area contributed by atoms with Crippen molar-refractivity contribution in [3.05, 3.63) is 71.8 Å². The van der Waals surface area contributed by atoms with Crippen molar-refractivity contribution in [1.82, 2.24) is 63.8 Å². The van der Waals surface area contributed by atoms with Crippen LogP contribution in [0.2, 0.25) is 0 Å². The summed E-state index contributed by atoms with van der Waals surface area (Å²) in [7, 11) is 0. The van der Waals surface area contributed by atoms with Crippen LogP contribution in [0.15, 0.2) is 60.7 Å². The molecule has 1 heterocycles. The SMILES string of the molecule is CCC(=O)NC1(CN)CNCCNCC(CN)(NC(=O)CCCC(=O)NC(Cc2ccccc2)C(=O)NC(Cc2ccccc2)C(=O)NCCCCCCCC(=O)NCCCCC(NC(=O)NC(CCC(=O)O)C(=O)O)C(=O)O)CNCCNC1. The Morgan fingerprint density at radius 3 is 1.42 bits per heavy atom. The topological polar surface area (TPSA) is 428 Å². The third kappa shape index (κ3) is 30.4. The zero-order chi connectivity index (χ0) is 62.3. The van der Waals surface area contributed by atoms with Crippen molar-refractivity contribution in [2.24, 2.45) is 11.5 Å². The van der Waals surface area contributed by atoms with Crippen molar-refractivity contribution >= 4 is 59.4 Å². The van der Waals surface area contributed by atoms with Crippen molar-refractivity contribution in [2.75, 3.05) is 78.5 Å². The third-order valence-corrected chi connectivity index (χ3v) is 14.4. The van der Waals surface area contributed by atoms with E-state index in [-0.39, 0.29) is 88.7 Å². The van der Waals surface area contributed by atoms with Gasteiger partial charge in [0.25, 0.3) is 0 Å². The number of carbonyl (C=O) groups excluding carboxylic acids is 7. The molecule has 1 aliphatic rings. The number of nitrogens with two attached hydrogens (primary N) is 2. The average molecular weight is 1200 g/mol. The molecule has 27 nitrogen and oxygen atoms in total. The molecule has 2 aromatic rings. The summed E-state index contributed by atoms with van der Waals surface area (Å²) in [6, 6.07) is 12.5. The molecular weight excluding hydrogens is 1100 g/mol. The molecule has 4 unspecified atom stereocenters. The summed E-state index contributed by atoms with van der Waals surface area (Å²) in [4.78, 5) is 126. The fraction of sp³-hybridized carbons (Fsp3) is 0.621. The van der Waals surface area contributed by atoms with Crippen LogP contribution in [0.5, 0.6) is 0 Å². The van der Waals surface area contributed by atoms with Crippen molar-refractivity contribution in [2.45, 2.75) is 151 Å². The largest absolute Gasteiger partial charge is 0.481 e. The molecule has 2 aromatic carbocycles. The van der Waals surface area contributed by atoms with E-state index in [4.69, 9.17) is 16.6 Å². The Kier molecular flexibility index (Phi) is 34.6. The molecule has 1 fully saturated rings. The van der Waals surface area contributed by atoms with Crippen LogP contribution in [0.3, 0.4) is 0 Å². The third-order valence-electron chi connectivity index (χ3n) is 14.4. The molecule has 0 bridgehead atoms. The Labute approximate surface area is 498 Å². The number of unbranched alkanes of at least 4 members (excludes halogenated alkanes) is 5. The Morgan fingerprint density at radius 1 is 0.471 bits per heavy atom. The van der Waals surface area contributed by atoms with Gasteiger partial charge in [-0.1, -0.05) is 86.8 Å². The van der Waals surface area contributed by atoms with E-state index in [1.54, 1.807) is 6.92 Å². The monoisotopic (exact) mass is 1190 g/mol. The zero-order valence-electron chi connectivity index (χ0n) is 49.2. The predicted octanol–water partition coefficient (Wildman–Crippen LogP) is -1.17. The van der Waals surface area contributed by atoms with E-state index in [0.29, 0.717) is 91.0 Å². The Bertz CT molecular complexity index is 2370. The highest BCUT2D eigenvalue weighted by Gasteiger charge is 2.33. The lowest BCUT2D eigenvalue weighted by Gasteiger charge is -2.36. The second-order valence-corrected chi connectivity index (χ2v) is 21.5. The van der Waals surface area contributed by atoms with Gasteiger partial charge in [-0.25, -0.2) is 14.4 Å². The van der Waals surface area contributed by atoms with Crippen LogP contribution < -0.4 is 75.3 Å². The van der Waals surface area contributed by atoms with Gasteiger partial charge in [-0.15, -0.1) is 0 Å². The van der Waals surface area contributed by atoms with E-state index in [9.17, 15) is 58.2 Å². The molecule has 4 atom stereocenters. The van der Waals surface area contributed by atoms with Crippen LogP contribution in [-0.4, -0.2) is 188 Å². The maximum Gasteiger partial charge on any atom is 0.326 e. The van der Waals surface area contributed by atoms with Crippen molar-refractivity contribution in [1.29, 1.82) is 0 Å². The Hall–Kier alpha value is -7.30. The second kappa shape index (κ2) is 40.9. The van der Waals surface area contributed by atoms with Gasteiger partial charge in [0.2, 0.25) is 35.4 Å². The van der Waals surface area contributed by atoms with E-state index >= 15 is 0 Å². The molecular formula is C58H94N14O13. The molecule has 85 heavy (non-hydrogen) atoms. The Morgan fingerprint density at radius 2 is 0.918 bits per heavy atom. The molecule has 1 saturated heterocycles. The number of carboxylic acids is 3. The van der Waals surface area contributed by atoms with Crippen molar-refractivity contribution < 1.29 is 63.3 Å². The van der Waals surface area contributed by atoms with Gasteiger partial charge in [-0.3, -0.25) is 33.6 Å². The van der Waals surface area contributed by atoms with E-state index in [1.165, 1.54) is 0 Å². The van der Waals surface area contributed by atoms with Crippen LogP contribution in [0, 0.1) is 0 Å². The lowest BCUT2D eigenvalue weighted by molar-refractivity contribution is -0.141. The lowest BCUT2D eigenvalue weighted by Crippen LogP contribution is -2.66. The van der Waals surface area contributed by atoms with Gasteiger partial charge in [0.05, 0.1) is 11.1 Å². The first-order valence-electron chi connectivity index (χ1n) is 29.6. The molecule has 0 spiro atoms. The minimum absolute atomic E-state index is 0.00702. The fourth-order valence-corrected chi connectivity index (χ4v) is 9.37. The normalized spacial score (nSPS) is 18.1. The van der Waals surface area contributed by atoms with Gasteiger partial charge in [-0.2, -0.15) is 0 Å². The van der Waals surface area contributed by atoms with Crippen LogP contribution in [0.25, 0.3) is 0 Å². The maximum absolute atomic E-state index is 14.2. The summed E-state index contributed by atoms with van der Waals surface area (Å²) in [5.74, 6) is -5.96. The number of carbonyl (C=O) groups is 10. The summed E-state index contributed by atoms with van der Waals surface area (Å²) in [6.45, 7) is 6.66. The summed E-state index contributed by atoms with van der Waals surface area (Å²) in [5.41, 5.74) is 12.6. The molecule has 0 saturated carbocycles. The summed E-state index contributed by atoms with van der Waals surface area (Å²) in [5, 5.41) is 63.1. The van der Waals surface area contributed by atoms with Gasteiger partial charge in [0.1, 0.15) is 24.2 Å². The first kappa shape index (κ1) is 72.0. The molecule has 0 aliphatic carbocycles. The molecule has 1 aliphatic heterocycles. The number of hydrogen-bond donors (Lipinski definition) is 17. The molecule has 19 N–H and O–H groups in total. The zero-order valence-corrected chi connectivity index (χ0v) is 49.2. The average Bonchev–Trinajstić information content (AvgIpc) is 3.67. The van der Waals surface area contributed by atoms with Gasteiger partial charge >= 0.3 is 23.9 Å². The smallest absolute Gasteiger partial charge is 0.326 e. The van der Waals surface area contributed by atoms with Crippen molar-refractivity contribution in [3.63, 3.8) is 0 Å². The number of nitrogens with one attached hydrogen (secondary N) is 12. The van der Waals surface area contributed by atoms with Gasteiger partial charge < -0.3 is 90.6 Å². The molecule has 0 radical (unpaired) electrons. The van der Waals surface area contributed by atoms with E-state index < -0.39 is 83.3 Å². The van der Waals surface area contributed by atoms with Gasteiger partial charge in [-0.05, 0) is 56.1 Å². The minimum atomic E-state index is -1.51. The highest BCUT2D eigenvalue weighted by atomic mass is 16.4. The van der Waals surface area contributed by atoms with Crippen molar-refractivity contribution in [3.8, 4) is 0 Å².